The fourth-order valence-electron chi connectivity index (χ4n) is 3.05. The smallest absolute Gasteiger partial charge is 0.222 e. The van der Waals surface area contributed by atoms with Crippen LogP contribution in [0.5, 0.6) is 0 Å². The maximum atomic E-state index is 12.2. The molecule has 1 fully saturated rings. The molecule has 0 radical (unpaired) electrons. The third kappa shape index (κ3) is 5.17. The van der Waals surface area contributed by atoms with E-state index in [1.165, 1.54) is 0 Å². The molecule has 0 spiro atoms. The highest BCUT2D eigenvalue weighted by Crippen LogP contribution is 2.32. The monoisotopic (exact) mass is 399 g/mol. The lowest BCUT2D eigenvalue weighted by Crippen LogP contribution is -2.33. The average molecular weight is 400 g/mol. The third-order valence-corrected chi connectivity index (χ3v) is 5.93. The largest absolute Gasteiger partial charge is 0.349 e. The number of carbonyl (C=O) groups excluding carboxylic acids is 1. The summed E-state index contributed by atoms with van der Waals surface area (Å²) in [6, 6.07) is 7.97. The Morgan fingerprint density at radius 2 is 2.16 bits per heavy atom. The topological polar surface area (TPSA) is 54.0 Å². The molecule has 4 nitrogen and oxygen atoms in total. The number of rotatable bonds is 5. The number of hydrogen-bond donors (Lipinski definition) is 2. The summed E-state index contributed by atoms with van der Waals surface area (Å²) >= 11 is 7.57. The van der Waals surface area contributed by atoms with Crippen LogP contribution in [-0.4, -0.2) is 23.5 Å². The van der Waals surface area contributed by atoms with Crippen LogP contribution < -0.4 is 10.6 Å². The van der Waals surface area contributed by atoms with Crippen LogP contribution in [0.25, 0.3) is 10.6 Å². The van der Waals surface area contributed by atoms with Crippen LogP contribution in [-0.2, 0) is 4.79 Å². The quantitative estimate of drug-likeness (QED) is 0.776. The molecule has 1 aliphatic heterocycles. The summed E-state index contributed by atoms with van der Waals surface area (Å²) in [6.07, 6.45) is 2.79. The van der Waals surface area contributed by atoms with Crippen molar-refractivity contribution in [1.82, 2.24) is 15.6 Å². The molecule has 2 N–H and O–H groups in total. The van der Waals surface area contributed by atoms with Gasteiger partial charge in [0.25, 0.3) is 0 Å². The summed E-state index contributed by atoms with van der Waals surface area (Å²) in [5.74, 6) is 0.0998. The van der Waals surface area contributed by atoms with Crippen molar-refractivity contribution >= 4 is 41.3 Å². The van der Waals surface area contributed by atoms with Gasteiger partial charge >= 0.3 is 0 Å². The van der Waals surface area contributed by atoms with Crippen LogP contribution in [0.4, 0.5) is 0 Å². The summed E-state index contributed by atoms with van der Waals surface area (Å²) in [7, 11) is 0. The number of aryl methyl sites for hydroxylation is 1. The van der Waals surface area contributed by atoms with Gasteiger partial charge in [-0.1, -0.05) is 23.7 Å². The number of carbonyl (C=O) groups is 1. The van der Waals surface area contributed by atoms with Gasteiger partial charge in [-0.05, 0) is 45.4 Å². The lowest BCUT2D eigenvalue weighted by atomic mass is 10.1. The van der Waals surface area contributed by atoms with E-state index >= 15 is 0 Å². The summed E-state index contributed by atoms with van der Waals surface area (Å²) in [5, 5.41) is 8.14. The van der Waals surface area contributed by atoms with Gasteiger partial charge in [0.1, 0.15) is 5.01 Å². The molecule has 7 heteroatoms. The second-order valence-electron chi connectivity index (χ2n) is 6.26. The Hall–Kier alpha value is -1.14. The van der Waals surface area contributed by atoms with E-state index in [4.69, 9.17) is 11.6 Å². The van der Waals surface area contributed by atoms with Crippen LogP contribution in [0.3, 0.4) is 0 Å². The number of benzene rings is 1. The van der Waals surface area contributed by atoms with E-state index in [-0.39, 0.29) is 24.4 Å². The summed E-state index contributed by atoms with van der Waals surface area (Å²) in [5.41, 5.74) is 2.02. The molecule has 25 heavy (non-hydrogen) atoms. The highest BCUT2D eigenvalue weighted by molar-refractivity contribution is 7.15. The van der Waals surface area contributed by atoms with Gasteiger partial charge in [-0.3, -0.25) is 4.79 Å². The molecule has 2 heterocycles. The zero-order valence-corrected chi connectivity index (χ0v) is 16.7. The molecular formula is C18H23Cl2N3OS. The number of nitrogens with one attached hydrogen (secondary N) is 2. The lowest BCUT2D eigenvalue weighted by molar-refractivity contribution is -0.122. The Bertz CT molecular complexity index is 712. The van der Waals surface area contributed by atoms with Crippen LogP contribution in [0, 0.1) is 6.92 Å². The molecule has 1 saturated heterocycles. The number of halogens is 2. The van der Waals surface area contributed by atoms with Crippen molar-refractivity contribution in [2.45, 2.75) is 45.2 Å². The maximum absolute atomic E-state index is 12.2. The molecule has 0 aliphatic carbocycles. The van der Waals surface area contributed by atoms with Crippen LogP contribution in [0.15, 0.2) is 24.3 Å². The van der Waals surface area contributed by atoms with Gasteiger partial charge in [-0.15, -0.1) is 23.7 Å². The summed E-state index contributed by atoms with van der Waals surface area (Å²) < 4.78 is 0. The summed E-state index contributed by atoms with van der Waals surface area (Å²) in [4.78, 5) is 18.0. The Kier molecular flexibility index (Phi) is 7.25. The SMILES string of the molecule is Cc1nc(-c2ccc(Cl)cc2)sc1C(C)NC(=O)CC1CCCN1.Cl. The summed E-state index contributed by atoms with van der Waals surface area (Å²) in [6.45, 7) is 5.03. The Balaban J connectivity index is 0.00000225. The number of amides is 1. The van der Waals surface area contributed by atoms with Gasteiger partial charge in [0, 0.05) is 23.0 Å². The Morgan fingerprint density at radius 1 is 1.44 bits per heavy atom. The van der Waals surface area contributed by atoms with E-state index in [2.05, 4.69) is 15.6 Å². The first-order chi connectivity index (χ1) is 11.5. The van der Waals surface area contributed by atoms with Crippen LogP contribution in [0.2, 0.25) is 5.02 Å². The predicted molar refractivity (Wildman–Crippen MR) is 107 cm³/mol. The standard InChI is InChI=1S/C18H22ClN3OS.ClH/c1-11(21-16(23)10-15-4-3-9-20-15)17-12(2)22-18(24-17)13-5-7-14(19)8-6-13;/h5-8,11,15,20H,3-4,9-10H2,1-2H3,(H,21,23);1H. The molecular weight excluding hydrogens is 377 g/mol. The van der Waals surface area contributed by atoms with Gasteiger partial charge in [0.15, 0.2) is 0 Å². The molecule has 1 aliphatic rings. The van der Waals surface area contributed by atoms with Crippen molar-refractivity contribution in [3.8, 4) is 10.6 Å². The van der Waals surface area contributed by atoms with Crippen molar-refractivity contribution in [2.75, 3.05) is 6.54 Å². The second-order valence-corrected chi connectivity index (χ2v) is 7.73. The first-order valence-corrected chi connectivity index (χ1v) is 9.48. The number of hydrogen-bond acceptors (Lipinski definition) is 4. The minimum Gasteiger partial charge on any atom is -0.349 e. The number of nitrogens with zero attached hydrogens (tertiary/aromatic N) is 1. The highest BCUT2D eigenvalue weighted by atomic mass is 35.5. The van der Waals surface area contributed by atoms with Crippen LogP contribution >= 0.6 is 35.3 Å². The maximum Gasteiger partial charge on any atom is 0.222 e. The zero-order chi connectivity index (χ0) is 17.1. The molecule has 1 aromatic carbocycles. The van der Waals surface area contributed by atoms with Gasteiger partial charge in [0.2, 0.25) is 5.91 Å². The molecule has 2 unspecified atom stereocenters. The molecule has 1 amide bonds. The van der Waals surface area contributed by atoms with E-state index < -0.39 is 0 Å². The fraction of sp³-hybridized carbons (Fsp3) is 0.444. The lowest BCUT2D eigenvalue weighted by Gasteiger charge is -2.15. The molecule has 136 valence electrons. The van der Waals surface area contributed by atoms with E-state index in [0.29, 0.717) is 17.5 Å². The third-order valence-electron chi connectivity index (χ3n) is 4.29. The molecule has 0 bridgehead atoms. The van der Waals surface area contributed by atoms with Crippen molar-refractivity contribution in [1.29, 1.82) is 0 Å². The van der Waals surface area contributed by atoms with E-state index in [0.717, 1.165) is 40.5 Å². The Morgan fingerprint density at radius 3 is 2.80 bits per heavy atom. The molecule has 1 aromatic heterocycles. The minimum atomic E-state index is -0.0301. The van der Waals surface area contributed by atoms with Crippen molar-refractivity contribution < 1.29 is 4.79 Å². The number of aromatic nitrogens is 1. The van der Waals surface area contributed by atoms with Gasteiger partial charge < -0.3 is 10.6 Å². The van der Waals surface area contributed by atoms with Crippen LogP contribution in [0.1, 0.15) is 42.8 Å². The molecule has 2 aromatic rings. The fourth-order valence-corrected chi connectivity index (χ4v) is 4.25. The van der Waals surface area contributed by atoms with E-state index in [9.17, 15) is 4.79 Å². The molecule has 2 atom stereocenters. The predicted octanol–water partition coefficient (Wildman–Crippen LogP) is 4.51. The average Bonchev–Trinajstić information content (AvgIpc) is 3.17. The second kappa shape index (κ2) is 8.99. The van der Waals surface area contributed by atoms with Crippen molar-refractivity contribution in [2.24, 2.45) is 0 Å². The molecule has 0 saturated carbocycles. The minimum absolute atomic E-state index is 0. The van der Waals surface area contributed by atoms with Gasteiger partial charge in [0.05, 0.1) is 16.6 Å². The highest BCUT2D eigenvalue weighted by Gasteiger charge is 2.21. The van der Waals surface area contributed by atoms with Gasteiger partial charge in [-0.25, -0.2) is 4.98 Å². The van der Waals surface area contributed by atoms with Crippen molar-refractivity contribution in [3.63, 3.8) is 0 Å². The first-order valence-electron chi connectivity index (χ1n) is 8.29. The molecule has 3 rings (SSSR count). The van der Waals surface area contributed by atoms with Gasteiger partial charge in [-0.2, -0.15) is 0 Å². The van der Waals surface area contributed by atoms with E-state index in [1.807, 2.05) is 38.1 Å². The van der Waals surface area contributed by atoms with Crippen molar-refractivity contribution in [3.05, 3.63) is 39.9 Å². The number of thiazole rings is 1. The van der Waals surface area contributed by atoms with E-state index in [1.54, 1.807) is 11.3 Å². The first kappa shape index (κ1) is 20.2. The normalized spacial score (nSPS) is 17.8. The zero-order valence-electron chi connectivity index (χ0n) is 14.3. The Labute approximate surface area is 163 Å².